The molecule has 2 heterocycles. The molecule has 0 unspecified atom stereocenters. The van der Waals surface area contributed by atoms with Crippen molar-refractivity contribution in [3.8, 4) is 5.88 Å². The van der Waals surface area contributed by atoms with Crippen LogP contribution < -0.4 is 15.4 Å². The number of guanidine groups is 1. The summed E-state index contributed by atoms with van der Waals surface area (Å²) in [4.78, 5) is 14.5. The molecule has 0 bridgehead atoms. The van der Waals surface area contributed by atoms with E-state index in [-0.39, 0.29) is 24.0 Å². The summed E-state index contributed by atoms with van der Waals surface area (Å²) >= 11 is 1.72. The zero-order valence-corrected chi connectivity index (χ0v) is 19.3. The van der Waals surface area contributed by atoms with Crippen molar-refractivity contribution in [2.45, 2.75) is 58.7 Å². The van der Waals surface area contributed by atoms with E-state index < -0.39 is 0 Å². The Bertz CT molecular complexity index is 722. The van der Waals surface area contributed by atoms with Gasteiger partial charge in [0.1, 0.15) is 11.1 Å². The number of pyridine rings is 1. The van der Waals surface area contributed by atoms with Gasteiger partial charge in [-0.05, 0) is 45.1 Å². The van der Waals surface area contributed by atoms with Crippen molar-refractivity contribution in [2.24, 2.45) is 4.99 Å². The Kier molecular flexibility index (Phi) is 8.75. The average molecular weight is 501 g/mol. The van der Waals surface area contributed by atoms with Crippen LogP contribution in [0.1, 0.15) is 46.8 Å². The van der Waals surface area contributed by atoms with Crippen LogP contribution in [0.15, 0.2) is 23.3 Å². The van der Waals surface area contributed by atoms with E-state index >= 15 is 0 Å². The van der Waals surface area contributed by atoms with Gasteiger partial charge in [0.2, 0.25) is 5.88 Å². The number of nitrogens with one attached hydrogen (secondary N) is 2. The summed E-state index contributed by atoms with van der Waals surface area (Å²) in [5, 5.41) is 7.67. The van der Waals surface area contributed by atoms with Gasteiger partial charge in [-0.15, -0.1) is 35.3 Å². The van der Waals surface area contributed by atoms with Gasteiger partial charge in [0, 0.05) is 30.7 Å². The molecule has 1 aliphatic rings. The summed E-state index contributed by atoms with van der Waals surface area (Å²) in [5.41, 5.74) is 2.19. The van der Waals surface area contributed by atoms with Crippen molar-refractivity contribution in [3.63, 3.8) is 0 Å². The summed E-state index contributed by atoms with van der Waals surface area (Å²) in [6, 6.07) is 4.00. The highest BCUT2D eigenvalue weighted by atomic mass is 127. The van der Waals surface area contributed by atoms with Crippen molar-refractivity contribution in [3.05, 3.63) is 39.5 Å². The molecular weight excluding hydrogens is 473 g/mol. The van der Waals surface area contributed by atoms with Gasteiger partial charge < -0.3 is 15.4 Å². The molecule has 2 aromatic rings. The first-order chi connectivity index (χ1) is 12.6. The van der Waals surface area contributed by atoms with E-state index in [4.69, 9.17) is 4.74 Å². The summed E-state index contributed by atoms with van der Waals surface area (Å²) < 4.78 is 5.90. The third-order valence-electron chi connectivity index (χ3n) is 4.55. The van der Waals surface area contributed by atoms with Gasteiger partial charge in [0.15, 0.2) is 5.96 Å². The molecule has 1 saturated carbocycles. The second kappa shape index (κ2) is 10.8. The normalized spacial score (nSPS) is 14.7. The van der Waals surface area contributed by atoms with Gasteiger partial charge in [0.05, 0.1) is 12.2 Å². The lowest BCUT2D eigenvalue weighted by Gasteiger charge is -2.13. The van der Waals surface area contributed by atoms with Crippen LogP contribution in [0.4, 0.5) is 0 Å². The van der Waals surface area contributed by atoms with Crippen LogP contribution in [0.3, 0.4) is 0 Å². The number of rotatable bonds is 6. The van der Waals surface area contributed by atoms with Gasteiger partial charge in [0.25, 0.3) is 0 Å². The molecule has 0 amide bonds. The fourth-order valence-corrected chi connectivity index (χ4v) is 3.82. The Labute approximate surface area is 182 Å². The third-order valence-corrected chi connectivity index (χ3v) is 5.62. The Morgan fingerprint density at radius 3 is 2.56 bits per heavy atom. The van der Waals surface area contributed by atoms with Crippen LogP contribution >= 0.6 is 35.3 Å². The number of aryl methyl sites for hydroxylation is 2. The highest BCUT2D eigenvalue weighted by Crippen LogP contribution is 2.22. The van der Waals surface area contributed by atoms with Gasteiger partial charge in [-0.2, -0.15) is 0 Å². The van der Waals surface area contributed by atoms with E-state index in [0.717, 1.165) is 40.9 Å². The Morgan fingerprint density at radius 2 is 1.96 bits per heavy atom. The molecule has 0 aromatic carbocycles. The Hall–Kier alpha value is -1.42. The van der Waals surface area contributed by atoms with Crippen LogP contribution in [-0.4, -0.2) is 29.1 Å². The second-order valence-electron chi connectivity index (χ2n) is 6.56. The maximum Gasteiger partial charge on any atom is 0.213 e. The average Bonchev–Trinajstić information content (AvgIpc) is 3.26. The number of aliphatic imine (C=N–C) groups is 1. The maximum atomic E-state index is 5.90. The smallest absolute Gasteiger partial charge is 0.213 e. The molecule has 0 saturated heterocycles. The number of hydrogen-bond donors (Lipinski definition) is 2. The minimum absolute atomic E-state index is 0. The molecule has 2 aromatic heterocycles. The van der Waals surface area contributed by atoms with Crippen molar-refractivity contribution in [1.82, 2.24) is 20.6 Å². The van der Waals surface area contributed by atoms with Crippen molar-refractivity contribution >= 4 is 41.3 Å². The van der Waals surface area contributed by atoms with E-state index in [1.165, 1.54) is 17.7 Å². The molecule has 1 aliphatic carbocycles. The van der Waals surface area contributed by atoms with E-state index in [2.05, 4.69) is 32.5 Å². The van der Waals surface area contributed by atoms with E-state index in [1.807, 2.05) is 25.3 Å². The largest absolute Gasteiger partial charge is 0.474 e. The molecular formula is C19H28IN5OS. The summed E-state index contributed by atoms with van der Waals surface area (Å²) in [7, 11) is 1.77. The number of thiazole rings is 1. The lowest BCUT2D eigenvalue weighted by molar-refractivity contribution is 0.201. The number of nitrogens with zero attached hydrogens (tertiary/aromatic N) is 3. The van der Waals surface area contributed by atoms with Crippen LogP contribution in [0.25, 0.3) is 0 Å². The number of hydrogen-bond acceptors (Lipinski definition) is 5. The molecule has 6 nitrogen and oxygen atoms in total. The summed E-state index contributed by atoms with van der Waals surface area (Å²) in [5.74, 6) is 1.47. The van der Waals surface area contributed by atoms with E-state index in [1.54, 1.807) is 18.4 Å². The molecule has 0 radical (unpaired) electrons. The van der Waals surface area contributed by atoms with Crippen molar-refractivity contribution in [2.75, 3.05) is 7.05 Å². The fraction of sp³-hybridized carbons (Fsp3) is 0.526. The molecule has 0 atom stereocenters. The number of ether oxygens (including phenoxy) is 1. The predicted molar refractivity (Wildman–Crippen MR) is 121 cm³/mol. The predicted octanol–water partition coefficient (Wildman–Crippen LogP) is 3.96. The standard InChI is InChI=1S/C19H27N5OS.HI/c1-13-14(2)26-18(24-13)12-23-19(20-3)22-11-15-8-9-17(21-10-15)25-16-6-4-5-7-16;/h8-10,16H,4-7,11-12H2,1-3H3,(H2,20,22,23);1H. The Balaban J connectivity index is 0.00000261. The highest BCUT2D eigenvalue weighted by Gasteiger charge is 2.16. The summed E-state index contributed by atoms with van der Waals surface area (Å²) in [6.07, 6.45) is 7.01. The molecule has 2 N–H and O–H groups in total. The first kappa shape index (κ1) is 21.9. The first-order valence-corrected chi connectivity index (χ1v) is 9.94. The van der Waals surface area contributed by atoms with E-state index in [9.17, 15) is 0 Å². The Morgan fingerprint density at radius 1 is 1.22 bits per heavy atom. The summed E-state index contributed by atoms with van der Waals surface area (Å²) in [6.45, 7) is 5.46. The lowest BCUT2D eigenvalue weighted by atomic mass is 10.3. The highest BCUT2D eigenvalue weighted by molar-refractivity contribution is 14.0. The van der Waals surface area contributed by atoms with Gasteiger partial charge in [-0.1, -0.05) is 6.07 Å². The molecule has 27 heavy (non-hydrogen) atoms. The van der Waals surface area contributed by atoms with Crippen LogP contribution in [-0.2, 0) is 13.1 Å². The van der Waals surface area contributed by atoms with Crippen LogP contribution in [0.5, 0.6) is 5.88 Å². The SMILES string of the molecule is CN=C(NCc1ccc(OC2CCCC2)nc1)NCc1nc(C)c(C)s1.I. The fourth-order valence-electron chi connectivity index (χ4n) is 2.94. The maximum absolute atomic E-state index is 5.90. The third kappa shape index (κ3) is 6.60. The molecule has 148 valence electrons. The van der Waals surface area contributed by atoms with E-state index in [0.29, 0.717) is 19.2 Å². The van der Waals surface area contributed by atoms with Crippen LogP contribution in [0, 0.1) is 13.8 Å². The van der Waals surface area contributed by atoms with Gasteiger partial charge in [-0.3, -0.25) is 4.99 Å². The molecule has 1 fully saturated rings. The number of halogens is 1. The monoisotopic (exact) mass is 501 g/mol. The molecule has 0 aliphatic heterocycles. The van der Waals surface area contributed by atoms with Crippen molar-refractivity contribution in [1.29, 1.82) is 0 Å². The molecule has 8 heteroatoms. The quantitative estimate of drug-likeness (QED) is 0.356. The minimum atomic E-state index is 0. The molecule has 0 spiro atoms. The topological polar surface area (TPSA) is 71.4 Å². The zero-order valence-electron chi connectivity index (χ0n) is 16.1. The molecule has 3 rings (SSSR count). The van der Waals surface area contributed by atoms with Crippen LogP contribution in [0.2, 0.25) is 0 Å². The zero-order chi connectivity index (χ0) is 18.4. The van der Waals surface area contributed by atoms with Gasteiger partial charge in [-0.25, -0.2) is 9.97 Å². The second-order valence-corrected chi connectivity index (χ2v) is 7.85. The lowest BCUT2D eigenvalue weighted by Crippen LogP contribution is -2.36. The van der Waals surface area contributed by atoms with Crippen molar-refractivity contribution < 1.29 is 4.74 Å². The number of aromatic nitrogens is 2. The first-order valence-electron chi connectivity index (χ1n) is 9.13. The minimum Gasteiger partial charge on any atom is -0.474 e. The van der Waals surface area contributed by atoms with Gasteiger partial charge >= 0.3 is 0 Å².